The Hall–Kier alpha value is -3.07. The van der Waals surface area contributed by atoms with E-state index in [1.165, 1.54) is 37.8 Å². The summed E-state index contributed by atoms with van der Waals surface area (Å²) in [5, 5.41) is 6.74. The van der Waals surface area contributed by atoms with Crippen molar-refractivity contribution in [2.24, 2.45) is 0 Å². The number of hydrogen-bond acceptors (Lipinski definition) is 5. The molecule has 35 heavy (non-hydrogen) atoms. The molecule has 0 unspecified atom stereocenters. The normalized spacial score (nSPS) is 20.4. The van der Waals surface area contributed by atoms with Crippen LogP contribution in [0.4, 0.5) is 16.4 Å². The number of benzene rings is 2. The van der Waals surface area contributed by atoms with Crippen molar-refractivity contribution in [1.29, 1.82) is 0 Å². The van der Waals surface area contributed by atoms with Crippen molar-refractivity contribution in [3.05, 3.63) is 70.1 Å². The molecule has 0 aliphatic carbocycles. The van der Waals surface area contributed by atoms with E-state index in [4.69, 9.17) is 12.2 Å². The third-order valence-corrected chi connectivity index (χ3v) is 12.6. The first-order chi connectivity index (χ1) is 16.5. The molecule has 1 aromatic heterocycles. The number of carbonyl (C=O) groups excluding carboxylic acids is 2. The zero-order valence-corrected chi connectivity index (χ0v) is 22.9. The van der Waals surface area contributed by atoms with Gasteiger partial charge in [-0.25, -0.2) is 0 Å². The topological polar surface area (TPSA) is 52.7 Å². The van der Waals surface area contributed by atoms with E-state index >= 15 is 0 Å². The summed E-state index contributed by atoms with van der Waals surface area (Å²) >= 11 is 6.71. The fourth-order valence-corrected chi connectivity index (χ4v) is 10.0. The van der Waals surface area contributed by atoms with Crippen LogP contribution < -0.4 is 20.6 Å². The first kappa shape index (κ1) is 22.4. The smallest absolute Gasteiger partial charge is 0.265 e. The zero-order chi connectivity index (χ0) is 24.9. The lowest BCUT2D eigenvalue weighted by Gasteiger charge is -2.47. The van der Waals surface area contributed by atoms with Crippen LogP contribution in [0.5, 0.6) is 0 Å². The number of nitrogens with one attached hydrogen (secondary N) is 1. The van der Waals surface area contributed by atoms with Gasteiger partial charge in [-0.05, 0) is 51.9 Å². The quantitative estimate of drug-likeness (QED) is 0.228. The van der Waals surface area contributed by atoms with Crippen LogP contribution in [-0.2, 0) is 15.0 Å². The number of carbonyl (C=O) groups is 2. The maximum atomic E-state index is 12.8. The second kappa shape index (κ2) is 7.22. The van der Waals surface area contributed by atoms with Gasteiger partial charge >= 0.3 is 0 Å². The first-order valence-electron chi connectivity index (χ1n) is 11.6. The predicted octanol–water partition coefficient (Wildman–Crippen LogP) is 4.25. The van der Waals surface area contributed by atoms with Crippen molar-refractivity contribution in [2.45, 2.75) is 32.4 Å². The fraction of sp³-hybridized carbons (Fsp3) is 0.222. The highest BCUT2D eigenvalue weighted by Gasteiger charge is 2.46. The van der Waals surface area contributed by atoms with Gasteiger partial charge in [0, 0.05) is 23.0 Å². The van der Waals surface area contributed by atoms with Crippen LogP contribution in [0.25, 0.3) is 6.08 Å². The third-order valence-electron chi connectivity index (χ3n) is 7.62. The molecule has 5 nitrogen and oxygen atoms in total. The van der Waals surface area contributed by atoms with E-state index in [2.05, 4.69) is 85.7 Å². The van der Waals surface area contributed by atoms with Crippen molar-refractivity contribution in [3.8, 4) is 0 Å². The molecule has 1 saturated heterocycles. The zero-order valence-electron chi connectivity index (χ0n) is 20.2. The van der Waals surface area contributed by atoms with Gasteiger partial charge in [-0.15, -0.1) is 11.3 Å². The van der Waals surface area contributed by atoms with Crippen LogP contribution in [0.15, 0.2) is 54.1 Å². The van der Waals surface area contributed by atoms with Gasteiger partial charge in [0.1, 0.15) is 18.6 Å². The Bertz CT molecular complexity index is 1520. The Morgan fingerprint density at radius 3 is 2.51 bits per heavy atom. The molecule has 0 bridgehead atoms. The Morgan fingerprint density at radius 1 is 1.03 bits per heavy atom. The molecule has 3 aromatic rings. The third kappa shape index (κ3) is 2.93. The van der Waals surface area contributed by atoms with Crippen LogP contribution >= 0.6 is 23.6 Å². The number of likely N-dealkylation sites (N-methyl/N-ethyl adjacent to an activating group) is 1. The summed E-state index contributed by atoms with van der Waals surface area (Å²) in [7, 11) is -0.318. The second-order valence-electron chi connectivity index (χ2n) is 10.4. The van der Waals surface area contributed by atoms with Gasteiger partial charge in [0.05, 0.1) is 5.69 Å². The summed E-state index contributed by atoms with van der Waals surface area (Å²) in [6.07, 6.45) is 1.70. The number of thiocarbonyl (C=S) groups is 1. The van der Waals surface area contributed by atoms with Gasteiger partial charge in [0.2, 0.25) is 0 Å². The van der Waals surface area contributed by atoms with Gasteiger partial charge in [0.25, 0.3) is 11.8 Å². The van der Waals surface area contributed by atoms with Crippen molar-refractivity contribution in [3.63, 3.8) is 0 Å². The van der Waals surface area contributed by atoms with E-state index in [-0.39, 0.29) is 22.0 Å². The summed E-state index contributed by atoms with van der Waals surface area (Å²) in [6, 6.07) is 17.6. The molecule has 0 spiro atoms. The summed E-state index contributed by atoms with van der Waals surface area (Å²) < 4.78 is 0. The number of hydrogen-bond donors (Lipinski definition) is 1. The molecule has 2 aromatic carbocycles. The van der Waals surface area contributed by atoms with Gasteiger partial charge in [-0.1, -0.05) is 63.3 Å². The van der Waals surface area contributed by atoms with Crippen LogP contribution in [-0.4, -0.2) is 36.9 Å². The highest BCUT2D eigenvalue weighted by molar-refractivity contribution is 7.80. The highest BCUT2D eigenvalue weighted by atomic mass is 32.1. The molecule has 8 heteroatoms. The van der Waals surface area contributed by atoms with E-state index < -0.39 is 14.0 Å². The number of para-hydroxylation sites is 2. The molecule has 0 atom stereocenters. The van der Waals surface area contributed by atoms with Crippen molar-refractivity contribution in [2.75, 3.05) is 11.9 Å². The molecule has 1 fully saturated rings. The van der Waals surface area contributed by atoms with Crippen LogP contribution in [0.1, 0.15) is 29.9 Å². The Balaban J connectivity index is 1.59. The van der Waals surface area contributed by atoms with Crippen molar-refractivity contribution >= 4 is 81.4 Å². The average molecular weight is 516 g/mol. The predicted molar refractivity (Wildman–Crippen MR) is 149 cm³/mol. The molecule has 0 radical (unpaired) electrons. The summed E-state index contributed by atoms with van der Waals surface area (Å²) in [5.74, 6) is -0.837. The van der Waals surface area contributed by atoms with Gasteiger partial charge < -0.3 is 4.90 Å². The molecule has 176 valence electrons. The molecular formula is C27H25N3O2S2Si. The Morgan fingerprint density at radius 2 is 1.74 bits per heavy atom. The summed E-state index contributed by atoms with van der Waals surface area (Å²) in [6.45, 7) is 9.39. The van der Waals surface area contributed by atoms with E-state index in [1.54, 1.807) is 24.5 Å². The highest BCUT2D eigenvalue weighted by Crippen LogP contribution is 2.56. The maximum absolute atomic E-state index is 12.8. The monoisotopic (exact) mass is 515 g/mol. The molecule has 3 aliphatic rings. The largest absolute Gasteiger partial charge is 0.302 e. The minimum absolute atomic E-state index is 0.100. The molecule has 6 rings (SSSR count). The Labute approximate surface area is 215 Å². The van der Waals surface area contributed by atoms with Crippen molar-refractivity contribution < 1.29 is 9.59 Å². The molecule has 1 N–H and O–H groups in total. The molecule has 2 amide bonds. The first-order valence-corrected chi connectivity index (χ1v) is 15.8. The molecular weight excluding hydrogens is 491 g/mol. The van der Waals surface area contributed by atoms with Gasteiger partial charge in [-0.2, -0.15) is 0 Å². The molecule has 4 heterocycles. The molecule has 0 saturated carbocycles. The fourth-order valence-electron chi connectivity index (χ4n) is 5.58. The lowest BCUT2D eigenvalue weighted by molar-refractivity contribution is -0.128. The number of anilines is 3. The summed E-state index contributed by atoms with van der Waals surface area (Å²) in [5.41, 5.74) is 4.92. The van der Waals surface area contributed by atoms with E-state index in [0.29, 0.717) is 0 Å². The number of amides is 2. The summed E-state index contributed by atoms with van der Waals surface area (Å²) in [4.78, 5) is 30.0. The van der Waals surface area contributed by atoms with Crippen LogP contribution in [0.2, 0.25) is 13.1 Å². The van der Waals surface area contributed by atoms with Gasteiger partial charge in [-0.3, -0.25) is 19.8 Å². The minimum Gasteiger partial charge on any atom is -0.302 e. The second-order valence-corrected chi connectivity index (χ2v) is 16.1. The van der Waals surface area contributed by atoms with Crippen molar-refractivity contribution in [1.82, 2.24) is 10.2 Å². The van der Waals surface area contributed by atoms with E-state index in [9.17, 15) is 9.59 Å². The minimum atomic E-state index is -1.90. The lowest BCUT2D eigenvalue weighted by Crippen LogP contribution is -2.59. The SMILES string of the molecule is CN1C(=O)/C(=C/c2cc3c(s2)N2c4ccccc4[Si](C)(C)c4cccc(c42)C3(C)C)C(=O)NC1=S. The van der Waals surface area contributed by atoms with E-state index in [1.807, 2.05) is 0 Å². The maximum Gasteiger partial charge on any atom is 0.265 e. The number of thiophene rings is 1. The standard InChI is InChI=1S/C27H25N3O2S2Si/c1-27(2)17-9-8-12-21-22(17)30(19-10-6-7-11-20(19)35(21,4)5)25-18(27)14-15(34-25)13-16-23(31)28-26(33)29(3)24(16)32/h6-14H,1-5H3,(H,28,31,33)/b16-13+. The van der Waals surface area contributed by atoms with Crippen LogP contribution in [0, 0.1) is 0 Å². The van der Waals surface area contributed by atoms with Crippen LogP contribution in [0.3, 0.4) is 0 Å². The Kier molecular flexibility index (Phi) is 4.62. The average Bonchev–Trinajstić information content (AvgIpc) is 3.25. The molecule has 3 aliphatic heterocycles. The lowest BCUT2D eigenvalue weighted by atomic mass is 9.75. The number of rotatable bonds is 1. The van der Waals surface area contributed by atoms with Gasteiger partial charge in [0.15, 0.2) is 5.11 Å². The number of nitrogens with zero attached hydrogens (tertiary/aromatic N) is 2. The number of fused-ring (bicyclic) bond motifs is 4. The van der Waals surface area contributed by atoms with E-state index in [0.717, 1.165) is 9.88 Å².